The van der Waals surface area contributed by atoms with Gasteiger partial charge in [-0.2, -0.15) is 5.10 Å². The highest BCUT2D eigenvalue weighted by Gasteiger charge is 2.27. The van der Waals surface area contributed by atoms with E-state index < -0.39 is 28.4 Å². The number of phenolic OH excluding ortho intramolecular Hbond substituents is 1. The van der Waals surface area contributed by atoms with Gasteiger partial charge in [-0.05, 0) is 24.3 Å². The van der Waals surface area contributed by atoms with Crippen LogP contribution in [0.4, 0.5) is 5.69 Å². The highest BCUT2D eigenvalue weighted by Crippen LogP contribution is 2.30. The van der Waals surface area contributed by atoms with Gasteiger partial charge < -0.3 is 14.6 Å². The molecule has 0 spiro atoms. The molecule has 1 atom stereocenters. The number of amides is 1. The minimum absolute atomic E-state index is 0.0447. The van der Waals surface area contributed by atoms with Crippen molar-refractivity contribution < 1.29 is 24.3 Å². The molecule has 1 aliphatic rings. The van der Waals surface area contributed by atoms with Crippen LogP contribution in [0.5, 0.6) is 17.2 Å². The Morgan fingerprint density at radius 2 is 2.08 bits per heavy atom. The van der Waals surface area contributed by atoms with E-state index in [-0.39, 0.29) is 6.61 Å². The van der Waals surface area contributed by atoms with Crippen LogP contribution in [-0.4, -0.2) is 34.9 Å². The van der Waals surface area contributed by atoms with Gasteiger partial charge in [0.15, 0.2) is 17.2 Å². The summed E-state index contributed by atoms with van der Waals surface area (Å²) in [6.07, 6.45) is 0.364. The molecular formula is C16H13N3O6. The van der Waals surface area contributed by atoms with Crippen molar-refractivity contribution in [3.63, 3.8) is 0 Å². The zero-order chi connectivity index (χ0) is 17.8. The molecule has 128 valence electrons. The number of nitrogens with zero attached hydrogens (tertiary/aromatic N) is 2. The van der Waals surface area contributed by atoms with E-state index in [0.29, 0.717) is 17.1 Å². The molecule has 2 N–H and O–H groups in total. The number of aromatic hydroxyl groups is 1. The molecule has 0 fully saturated rings. The summed E-state index contributed by atoms with van der Waals surface area (Å²) in [6.45, 7) is 0.0447. The molecule has 1 amide bonds. The first-order valence-electron chi connectivity index (χ1n) is 7.23. The summed E-state index contributed by atoms with van der Waals surface area (Å²) in [6, 6.07) is 10.7. The topological polar surface area (TPSA) is 123 Å². The third kappa shape index (κ3) is 3.66. The second kappa shape index (κ2) is 6.87. The SMILES string of the molecule is O=C(N/N=C\c1ccc(O)c([N+](=O)[O-])c1)C1COc2ccccc2O1. The lowest BCUT2D eigenvalue weighted by Gasteiger charge is -2.24. The van der Waals surface area contributed by atoms with Crippen LogP contribution >= 0.6 is 0 Å². The van der Waals surface area contributed by atoms with Crippen LogP contribution in [-0.2, 0) is 4.79 Å². The van der Waals surface area contributed by atoms with Gasteiger partial charge in [-0.25, -0.2) is 5.43 Å². The molecular weight excluding hydrogens is 330 g/mol. The van der Waals surface area contributed by atoms with E-state index in [1.54, 1.807) is 24.3 Å². The number of phenols is 1. The first-order chi connectivity index (χ1) is 12.0. The van der Waals surface area contributed by atoms with Crippen LogP contribution in [0.25, 0.3) is 0 Å². The molecule has 2 aromatic rings. The number of hydrazone groups is 1. The van der Waals surface area contributed by atoms with Gasteiger partial charge in [0.25, 0.3) is 5.91 Å². The quantitative estimate of drug-likeness (QED) is 0.494. The number of ether oxygens (including phenoxy) is 2. The largest absolute Gasteiger partial charge is 0.502 e. The Morgan fingerprint density at radius 1 is 1.32 bits per heavy atom. The fourth-order valence-electron chi connectivity index (χ4n) is 2.16. The van der Waals surface area contributed by atoms with Crippen LogP contribution in [0.2, 0.25) is 0 Å². The van der Waals surface area contributed by atoms with Gasteiger partial charge in [-0.15, -0.1) is 0 Å². The monoisotopic (exact) mass is 343 g/mol. The third-order valence-corrected chi connectivity index (χ3v) is 3.39. The molecule has 1 heterocycles. The summed E-state index contributed by atoms with van der Waals surface area (Å²) in [5, 5.41) is 23.9. The lowest BCUT2D eigenvalue weighted by atomic mass is 10.2. The Morgan fingerprint density at radius 3 is 2.84 bits per heavy atom. The van der Waals surface area contributed by atoms with E-state index >= 15 is 0 Å². The Kier molecular flexibility index (Phi) is 4.46. The first kappa shape index (κ1) is 16.2. The van der Waals surface area contributed by atoms with E-state index in [1.807, 2.05) is 0 Å². The number of hydrogen-bond acceptors (Lipinski definition) is 7. The van der Waals surface area contributed by atoms with E-state index in [9.17, 15) is 20.0 Å². The highest BCUT2D eigenvalue weighted by molar-refractivity contribution is 5.85. The molecule has 1 unspecified atom stereocenters. The van der Waals surface area contributed by atoms with Gasteiger partial charge in [0.05, 0.1) is 11.1 Å². The molecule has 0 aliphatic carbocycles. The molecule has 9 heteroatoms. The van der Waals surface area contributed by atoms with Crippen LogP contribution < -0.4 is 14.9 Å². The van der Waals surface area contributed by atoms with Gasteiger partial charge in [-0.1, -0.05) is 12.1 Å². The predicted octanol–water partition coefficient (Wildman–Crippen LogP) is 1.59. The fraction of sp³-hybridized carbons (Fsp3) is 0.125. The second-order valence-electron chi connectivity index (χ2n) is 5.10. The predicted molar refractivity (Wildman–Crippen MR) is 86.9 cm³/mol. The summed E-state index contributed by atoms with van der Waals surface area (Å²) in [5.74, 6) is 0.0649. The molecule has 9 nitrogen and oxygen atoms in total. The summed E-state index contributed by atoms with van der Waals surface area (Å²) < 4.78 is 11.0. The maximum Gasteiger partial charge on any atom is 0.311 e. The lowest BCUT2D eigenvalue weighted by Crippen LogP contribution is -2.42. The van der Waals surface area contributed by atoms with Crippen molar-refractivity contribution in [2.75, 3.05) is 6.61 Å². The van der Waals surface area contributed by atoms with Gasteiger partial charge in [0, 0.05) is 11.6 Å². The zero-order valence-electron chi connectivity index (χ0n) is 12.8. The molecule has 0 saturated carbocycles. The summed E-state index contributed by atoms with van der Waals surface area (Å²) in [4.78, 5) is 22.1. The smallest absolute Gasteiger partial charge is 0.311 e. The molecule has 0 aromatic heterocycles. The summed E-state index contributed by atoms with van der Waals surface area (Å²) in [7, 11) is 0. The molecule has 25 heavy (non-hydrogen) atoms. The van der Waals surface area contributed by atoms with Crippen molar-refractivity contribution in [1.82, 2.24) is 5.43 Å². The van der Waals surface area contributed by atoms with E-state index in [4.69, 9.17) is 9.47 Å². The van der Waals surface area contributed by atoms with E-state index in [0.717, 1.165) is 6.07 Å². The number of carbonyl (C=O) groups is 1. The Balaban J connectivity index is 1.62. The Labute approximate surface area is 141 Å². The number of rotatable bonds is 4. The minimum atomic E-state index is -0.860. The fourth-order valence-corrected chi connectivity index (χ4v) is 2.16. The van der Waals surface area contributed by atoms with Crippen LogP contribution in [0.1, 0.15) is 5.56 Å². The molecule has 0 radical (unpaired) electrons. The van der Waals surface area contributed by atoms with Gasteiger partial charge >= 0.3 is 5.69 Å². The number of nitro groups is 1. The van der Waals surface area contributed by atoms with Crippen molar-refractivity contribution in [2.24, 2.45) is 5.10 Å². The number of nitrogens with one attached hydrogen (secondary N) is 1. The second-order valence-corrected chi connectivity index (χ2v) is 5.10. The van der Waals surface area contributed by atoms with Crippen molar-refractivity contribution >= 4 is 17.8 Å². The van der Waals surface area contributed by atoms with E-state index in [1.165, 1.54) is 18.3 Å². The zero-order valence-corrected chi connectivity index (χ0v) is 12.8. The molecule has 1 aliphatic heterocycles. The van der Waals surface area contributed by atoms with Gasteiger partial charge in [0.1, 0.15) is 6.61 Å². The van der Waals surface area contributed by atoms with Crippen molar-refractivity contribution in [2.45, 2.75) is 6.10 Å². The average molecular weight is 343 g/mol. The van der Waals surface area contributed by atoms with Gasteiger partial charge in [-0.3, -0.25) is 14.9 Å². The Hall–Kier alpha value is -3.62. The maximum absolute atomic E-state index is 12.0. The lowest BCUT2D eigenvalue weighted by molar-refractivity contribution is -0.385. The van der Waals surface area contributed by atoms with Crippen molar-refractivity contribution in [3.05, 3.63) is 58.1 Å². The third-order valence-electron chi connectivity index (χ3n) is 3.39. The highest BCUT2D eigenvalue weighted by atomic mass is 16.6. The molecule has 2 aromatic carbocycles. The maximum atomic E-state index is 12.0. The van der Waals surface area contributed by atoms with Crippen molar-refractivity contribution in [1.29, 1.82) is 0 Å². The average Bonchev–Trinajstić information content (AvgIpc) is 2.62. The number of hydrogen-bond donors (Lipinski definition) is 2. The number of carbonyl (C=O) groups excluding carboxylic acids is 1. The summed E-state index contributed by atoms with van der Waals surface area (Å²) in [5.41, 5.74) is 2.18. The number of para-hydroxylation sites is 2. The van der Waals surface area contributed by atoms with E-state index in [2.05, 4.69) is 10.5 Å². The van der Waals surface area contributed by atoms with Crippen LogP contribution in [0.15, 0.2) is 47.6 Å². The number of fused-ring (bicyclic) bond motifs is 1. The molecule has 0 bridgehead atoms. The first-order valence-corrected chi connectivity index (χ1v) is 7.23. The standard InChI is InChI=1S/C16H13N3O6/c20-12-6-5-10(7-11(12)19(22)23)8-17-18-16(21)15-9-24-13-3-1-2-4-14(13)25-15/h1-8,15,20H,9H2,(H,18,21)/b17-8-. The van der Waals surface area contributed by atoms with Gasteiger partial charge in [0.2, 0.25) is 6.10 Å². The normalized spacial score (nSPS) is 15.8. The Bertz CT molecular complexity index is 852. The van der Waals surface area contributed by atoms with Crippen LogP contribution in [0, 0.1) is 10.1 Å². The van der Waals surface area contributed by atoms with Crippen LogP contribution in [0.3, 0.4) is 0 Å². The number of benzene rings is 2. The summed E-state index contributed by atoms with van der Waals surface area (Å²) >= 11 is 0. The molecule has 3 rings (SSSR count). The molecule has 0 saturated heterocycles. The van der Waals surface area contributed by atoms with Crippen molar-refractivity contribution in [3.8, 4) is 17.2 Å². The number of nitro benzene ring substituents is 1. The minimum Gasteiger partial charge on any atom is -0.502 e.